The minimum Gasteiger partial charge on any atom is -0.383 e. The molecule has 0 aromatic carbocycles. The topological polar surface area (TPSA) is 55.0 Å². The summed E-state index contributed by atoms with van der Waals surface area (Å²) < 4.78 is 0. The maximum absolute atomic E-state index is 6.09. The van der Waals surface area contributed by atoms with Crippen LogP contribution in [-0.4, -0.2) is 34.0 Å². The van der Waals surface area contributed by atoms with Gasteiger partial charge in [-0.3, -0.25) is 0 Å². The predicted molar refractivity (Wildman–Crippen MR) is 77.1 cm³/mol. The number of rotatable bonds is 2. The van der Waals surface area contributed by atoms with Crippen LogP contribution in [0.3, 0.4) is 0 Å². The Labute approximate surface area is 115 Å². The monoisotopic (exact) mass is 260 g/mol. The lowest BCUT2D eigenvalue weighted by Gasteiger charge is -2.35. The van der Waals surface area contributed by atoms with Crippen molar-refractivity contribution in [2.45, 2.75) is 64.0 Å². The fourth-order valence-electron chi connectivity index (χ4n) is 3.88. The van der Waals surface area contributed by atoms with Gasteiger partial charge in [0, 0.05) is 29.3 Å². The van der Waals surface area contributed by atoms with Gasteiger partial charge in [-0.05, 0) is 46.1 Å². The highest BCUT2D eigenvalue weighted by Crippen LogP contribution is 2.41. The van der Waals surface area contributed by atoms with Crippen LogP contribution in [0.2, 0.25) is 0 Å². The van der Waals surface area contributed by atoms with Crippen molar-refractivity contribution in [2.75, 3.05) is 12.8 Å². The van der Waals surface area contributed by atoms with Crippen molar-refractivity contribution >= 4 is 5.82 Å². The molecule has 2 aliphatic rings. The fourth-order valence-corrected chi connectivity index (χ4v) is 3.88. The molecule has 1 aromatic heterocycles. The molecule has 4 nitrogen and oxygen atoms in total. The Balaban J connectivity index is 1.88. The van der Waals surface area contributed by atoms with E-state index in [1.807, 2.05) is 0 Å². The summed E-state index contributed by atoms with van der Waals surface area (Å²) in [7, 11) is 2.26. The van der Waals surface area contributed by atoms with E-state index in [-0.39, 0.29) is 0 Å². The lowest BCUT2D eigenvalue weighted by molar-refractivity contribution is 0.159. The molecular formula is C15H24N4. The second-order valence-electron chi connectivity index (χ2n) is 6.10. The highest BCUT2D eigenvalue weighted by molar-refractivity contribution is 5.42. The van der Waals surface area contributed by atoms with E-state index in [4.69, 9.17) is 10.7 Å². The van der Waals surface area contributed by atoms with Crippen molar-refractivity contribution in [3.05, 3.63) is 17.1 Å². The van der Waals surface area contributed by atoms with Crippen LogP contribution in [0.15, 0.2) is 0 Å². The largest absolute Gasteiger partial charge is 0.383 e. The standard InChI is InChI=1S/C15H24N4/c1-4-13-9(2)17-15(18-14(13)16)10-7-11-5-6-12(8-10)19(11)3/h10-12H,4-8H2,1-3H3,(H2,16,17,18). The highest BCUT2D eigenvalue weighted by atomic mass is 15.2. The summed E-state index contributed by atoms with van der Waals surface area (Å²) in [5.41, 5.74) is 8.27. The molecule has 2 N–H and O–H groups in total. The van der Waals surface area contributed by atoms with Gasteiger partial charge >= 0.3 is 0 Å². The van der Waals surface area contributed by atoms with Crippen LogP contribution in [0.5, 0.6) is 0 Å². The number of hydrogen-bond acceptors (Lipinski definition) is 4. The molecule has 4 heteroatoms. The molecule has 2 fully saturated rings. The molecule has 2 bridgehead atoms. The summed E-state index contributed by atoms with van der Waals surface area (Å²) in [6, 6.07) is 1.44. The third kappa shape index (κ3) is 2.12. The summed E-state index contributed by atoms with van der Waals surface area (Å²) >= 11 is 0. The van der Waals surface area contributed by atoms with E-state index in [0.29, 0.717) is 11.7 Å². The summed E-state index contributed by atoms with van der Waals surface area (Å²) in [6.07, 6.45) is 5.96. The molecule has 0 spiro atoms. The van der Waals surface area contributed by atoms with E-state index in [1.165, 1.54) is 25.7 Å². The predicted octanol–water partition coefficient (Wildman–Crippen LogP) is 2.27. The Hall–Kier alpha value is -1.16. The zero-order valence-corrected chi connectivity index (χ0v) is 12.2. The highest BCUT2D eigenvalue weighted by Gasteiger charge is 2.39. The van der Waals surface area contributed by atoms with Gasteiger partial charge in [0.2, 0.25) is 0 Å². The van der Waals surface area contributed by atoms with Crippen molar-refractivity contribution < 1.29 is 0 Å². The van der Waals surface area contributed by atoms with Gasteiger partial charge in [-0.2, -0.15) is 0 Å². The van der Waals surface area contributed by atoms with Crippen LogP contribution in [0, 0.1) is 6.92 Å². The van der Waals surface area contributed by atoms with Gasteiger partial charge in [-0.15, -0.1) is 0 Å². The molecule has 0 radical (unpaired) electrons. The van der Waals surface area contributed by atoms with Crippen LogP contribution in [0.1, 0.15) is 55.6 Å². The second-order valence-corrected chi connectivity index (χ2v) is 6.10. The molecule has 2 aliphatic heterocycles. The summed E-state index contributed by atoms with van der Waals surface area (Å²) in [5.74, 6) is 2.18. The first-order valence-electron chi connectivity index (χ1n) is 7.45. The maximum atomic E-state index is 6.09. The lowest BCUT2D eigenvalue weighted by Crippen LogP contribution is -2.39. The van der Waals surface area contributed by atoms with Crippen LogP contribution in [0.4, 0.5) is 5.82 Å². The maximum Gasteiger partial charge on any atom is 0.134 e. The number of aromatic nitrogens is 2. The molecule has 0 aliphatic carbocycles. The van der Waals surface area contributed by atoms with Crippen molar-refractivity contribution in [3.8, 4) is 0 Å². The molecule has 19 heavy (non-hydrogen) atoms. The van der Waals surface area contributed by atoms with Gasteiger partial charge < -0.3 is 10.6 Å². The Morgan fingerprint density at radius 1 is 1.21 bits per heavy atom. The molecule has 2 unspecified atom stereocenters. The van der Waals surface area contributed by atoms with E-state index in [9.17, 15) is 0 Å². The molecule has 3 heterocycles. The number of nitrogens with zero attached hydrogens (tertiary/aromatic N) is 3. The Morgan fingerprint density at radius 3 is 2.37 bits per heavy atom. The minimum absolute atomic E-state index is 0.501. The quantitative estimate of drug-likeness (QED) is 0.886. The van der Waals surface area contributed by atoms with Gasteiger partial charge in [-0.1, -0.05) is 6.92 Å². The number of hydrogen-bond donors (Lipinski definition) is 1. The SMILES string of the molecule is CCc1c(C)nc(C2CC3CCC(C2)N3C)nc1N. The van der Waals surface area contributed by atoms with Crippen LogP contribution in [0.25, 0.3) is 0 Å². The van der Waals surface area contributed by atoms with Crippen molar-refractivity contribution in [1.82, 2.24) is 14.9 Å². The van der Waals surface area contributed by atoms with E-state index >= 15 is 0 Å². The number of fused-ring (bicyclic) bond motifs is 2. The van der Waals surface area contributed by atoms with Gasteiger partial charge in [-0.25, -0.2) is 9.97 Å². The number of nitrogens with two attached hydrogens (primary N) is 1. The van der Waals surface area contributed by atoms with Crippen LogP contribution >= 0.6 is 0 Å². The molecule has 3 rings (SSSR count). The van der Waals surface area contributed by atoms with Gasteiger partial charge in [0.1, 0.15) is 11.6 Å². The first-order valence-corrected chi connectivity index (χ1v) is 7.45. The van der Waals surface area contributed by atoms with E-state index in [2.05, 4.69) is 30.8 Å². The molecule has 0 amide bonds. The van der Waals surface area contributed by atoms with Gasteiger partial charge in [0.15, 0.2) is 0 Å². The summed E-state index contributed by atoms with van der Waals surface area (Å²) in [5, 5.41) is 0. The molecule has 104 valence electrons. The first-order chi connectivity index (χ1) is 9.10. The summed E-state index contributed by atoms with van der Waals surface area (Å²) in [4.78, 5) is 11.9. The zero-order chi connectivity index (χ0) is 13.6. The molecule has 1 aromatic rings. The molecule has 0 saturated carbocycles. The molecule has 2 atom stereocenters. The third-order valence-electron chi connectivity index (χ3n) is 5.08. The number of piperidine rings is 1. The zero-order valence-electron chi connectivity index (χ0n) is 12.2. The minimum atomic E-state index is 0.501. The summed E-state index contributed by atoms with van der Waals surface area (Å²) in [6.45, 7) is 4.17. The Bertz CT molecular complexity index is 448. The van der Waals surface area contributed by atoms with Crippen LogP contribution < -0.4 is 5.73 Å². The average molecular weight is 260 g/mol. The molecular weight excluding hydrogens is 236 g/mol. The average Bonchev–Trinajstić information content (AvgIpc) is 2.62. The van der Waals surface area contributed by atoms with E-state index < -0.39 is 0 Å². The third-order valence-corrected chi connectivity index (χ3v) is 5.08. The fraction of sp³-hybridized carbons (Fsp3) is 0.733. The lowest BCUT2D eigenvalue weighted by atomic mass is 9.90. The van der Waals surface area contributed by atoms with E-state index in [1.54, 1.807) is 0 Å². The van der Waals surface area contributed by atoms with Crippen molar-refractivity contribution in [2.24, 2.45) is 0 Å². The van der Waals surface area contributed by atoms with Crippen molar-refractivity contribution in [3.63, 3.8) is 0 Å². The number of aryl methyl sites for hydroxylation is 1. The number of nitrogen functional groups attached to an aromatic ring is 1. The van der Waals surface area contributed by atoms with E-state index in [0.717, 1.165) is 35.6 Å². The Kier molecular flexibility index (Phi) is 3.21. The smallest absolute Gasteiger partial charge is 0.134 e. The van der Waals surface area contributed by atoms with Gasteiger partial charge in [0.25, 0.3) is 0 Å². The van der Waals surface area contributed by atoms with Crippen molar-refractivity contribution in [1.29, 1.82) is 0 Å². The Morgan fingerprint density at radius 2 is 1.84 bits per heavy atom. The molecule has 2 saturated heterocycles. The van der Waals surface area contributed by atoms with Crippen LogP contribution in [-0.2, 0) is 6.42 Å². The van der Waals surface area contributed by atoms with Gasteiger partial charge in [0.05, 0.1) is 0 Å². The number of anilines is 1. The normalized spacial score (nSPS) is 30.8. The second kappa shape index (κ2) is 4.75. The first kappa shape index (κ1) is 12.9.